The number of benzene rings is 4. The third kappa shape index (κ3) is 3.82. The van der Waals surface area contributed by atoms with Crippen molar-refractivity contribution in [1.82, 2.24) is 10.6 Å². The molecule has 4 aromatic carbocycles. The highest BCUT2D eigenvalue weighted by atomic mass is 16.6. The van der Waals surface area contributed by atoms with Gasteiger partial charge in [0, 0.05) is 34.3 Å². The minimum Gasteiger partial charge on any atom is -0.507 e. The van der Waals surface area contributed by atoms with Crippen LogP contribution in [0.15, 0.2) is 48.5 Å². The van der Waals surface area contributed by atoms with E-state index in [1.54, 1.807) is 20.3 Å². The minimum atomic E-state index is -0.136. The summed E-state index contributed by atoms with van der Waals surface area (Å²) in [7, 11) is 3.23. The molecule has 0 radical (unpaired) electrons. The van der Waals surface area contributed by atoms with Gasteiger partial charge < -0.3 is 39.8 Å². The standard InChI is InChI=1S/C34H32N2O6/c1-39-27-6-4-18-12-23(27)22-11-17(3-5-26(22)37)13-24-21-16-29-28(15-19(21)7-9-35-24)42-34-31(38)32(40-2)20-8-10-36-25(14-18)30(20)33(34)41-29/h3-6,11-12,15-16,24-25,35-38H,7-10,13-14H2,1-2H3. The molecular formula is C34H32N2O6. The zero-order valence-corrected chi connectivity index (χ0v) is 23.5. The van der Waals surface area contributed by atoms with Crippen molar-refractivity contribution in [2.45, 2.75) is 37.8 Å². The van der Waals surface area contributed by atoms with Gasteiger partial charge in [0.05, 0.1) is 14.2 Å². The molecule has 7 bridgehead atoms. The van der Waals surface area contributed by atoms with Crippen molar-refractivity contribution in [2.75, 3.05) is 27.3 Å². The second-order valence-electron chi connectivity index (χ2n) is 11.4. The van der Waals surface area contributed by atoms with E-state index in [2.05, 4.69) is 34.9 Å². The van der Waals surface area contributed by atoms with Crippen LogP contribution in [0.1, 0.15) is 45.5 Å². The lowest BCUT2D eigenvalue weighted by molar-refractivity contribution is 0.305. The van der Waals surface area contributed by atoms with E-state index in [-0.39, 0.29) is 29.3 Å². The summed E-state index contributed by atoms with van der Waals surface area (Å²) in [5.41, 5.74) is 7.94. The summed E-state index contributed by atoms with van der Waals surface area (Å²) in [6.45, 7) is 1.55. The first kappa shape index (κ1) is 25.3. The van der Waals surface area contributed by atoms with E-state index < -0.39 is 0 Å². The summed E-state index contributed by atoms with van der Waals surface area (Å²) in [5, 5.41) is 29.7. The first-order chi connectivity index (χ1) is 20.5. The van der Waals surface area contributed by atoms with Crippen molar-refractivity contribution in [3.05, 3.63) is 81.9 Å². The molecule has 42 heavy (non-hydrogen) atoms. The summed E-state index contributed by atoms with van der Waals surface area (Å²) >= 11 is 0. The van der Waals surface area contributed by atoms with Crippen LogP contribution in [0.25, 0.3) is 11.1 Å². The van der Waals surface area contributed by atoms with E-state index in [1.165, 1.54) is 5.56 Å². The first-order valence-corrected chi connectivity index (χ1v) is 14.5. The van der Waals surface area contributed by atoms with Crippen LogP contribution in [0.5, 0.6) is 46.0 Å². The van der Waals surface area contributed by atoms with Crippen LogP contribution in [0.3, 0.4) is 0 Å². The third-order valence-corrected chi connectivity index (χ3v) is 9.08. The summed E-state index contributed by atoms with van der Waals surface area (Å²) in [4.78, 5) is 0. The monoisotopic (exact) mass is 564 g/mol. The molecule has 0 saturated carbocycles. The second-order valence-corrected chi connectivity index (χ2v) is 11.4. The van der Waals surface area contributed by atoms with Gasteiger partial charge in [-0.1, -0.05) is 12.1 Å². The summed E-state index contributed by atoms with van der Waals surface area (Å²) < 4.78 is 24.7. The lowest BCUT2D eigenvalue weighted by atomic mass is 9.86. The van der Waals surface area contributed by atoms with E-state index in [0.29, 0.717) is 41.6 Å². The quantitative estimate of drug-likeness (QED) is 0.212. The zero-order chi connectivity index (χ0) is 28.5. The Morgan fingerprint density at radius 3 is 2.31 bits per heavy atom. The minimum absolute atomic E-state index is 0.0371. The number of fused-ring (bicyclic) bond motifs is 5. The largest absolute Gasteiger partial charge is 0.507 e. The molecule has 0 aliphatic carbocycles. The van der Waals surface area contributed by atoms with Gasteiger partial charge in [-0.2, -0.15) is 0 Å². The van der Waals surface area contributed by atoms with Gasteiger partial charge in [-0.05, 0) is 97.4 Å². The maximum absolute atomic E-state index is 11.3. The predicted octanol–water partition coefficient (Wildman–Crippen LogP) is 5.85. The normalized spacial score (nSPS) is 19.5. The Balaban J connectivity index is 1.39. The van der Waals surface area contributed by atoms with Gasteiger partial charge in [0.2, 0.25) is 11.5 Å². The van der Waals surface area contributed by atoms with Crippen molar-refractivity contribution >= 4 is 0 Å². The number of aromatic hydroxyl groups is 2. The van der Waals surface area contributed by atoms with Crippen LogP contribution in [0, 0.1) is 0 Å². The lowest BCUT2D eigenvalue weighted by Crippen LogP contribution is -2.32. The smallest absolute Gasteiger partial charge is 0.215 e. The average molecular weight is 565 g/mol. The SMILES string of the molecule is COc1ccc2cc1-c1cc(ccc1O)CC1NCCc3cc4c(cc31)Oc1c(c(O)c(OC)c3c1C(C2)NCC3)O4. The molecule has 4 aliphatic rings. The molecule has 8 nitrogen and oxygen atoms in total. The van der Waals surface area contributed by atoms with Crippen LogP contribution < -0.4 is 29.6 Å². The van der Waals surface area contributed by atoms with Gasteiger partial charge in [0.25, 0.3) is 0 Å². The Morgan fingerprint density at radius 1 is 0.762 bits per heavy atom. The molecule has 0 spiro atoms. The van der Waals surface area contributed by atoms with Gasteiger partial charge in [-0.3, -0.25) is 0 Å². The van der Waals surface area contributed by atoms with Crippen molar-refractivity contribution in [3.63, 3.8) is 0 Å². The number of phenols is 2. The van der Waals surface area contributed by atoms with Crippen LogP contribution in [0.2, 0.25) is 0 Å². The predicted molar refractivity (Wildman–Crippen MR) is 158 cm³/mol. The molecule has 4 aliphatic heterocycles. The van der Waals surface area contributed by atoms with E-state index in [9.17, 15) is 10.2 Å². The molecule has 2 unspecified atom stereocenters. The molecule has 0 aromatic heterocycles. The lowest BCUT2D eigenvalue weighted by Gasteiger charge is -2.35. The van der Waals surface area contributed by atoms with E-state index >= 15 is 0 Å². The molecule has 2 atom stereocenters. The average Bonchev–Trinajstić information content (AvgIpc) is 3.00. The van der Waals surface area contributed by atoms with Crippen LogP contribution in [-0.2, 0) is 25.7 Å². The molecule has 4 aromatic rings. The Morgan fingerprint density at radius 2 is 1.48 bits per heavy atom. The number of rotatable bonds is 2. The molecule has 0 fully saturated rings. The summed E-state index contributed by atoms with van der Waals surface area (Å²) in [6.07, 6.45) is 2.90. The van der Waals surface area contributed by atoms with Crippen LogP contribution >= 0.6 is 0 Å². The van der Waals surface area contributed by atoms with Gasteiger partial charge in [-0.25, -0.2) is 0 Å². The number of hydrogen-bond acceptors (Lipinski definition) is 8. The number of ether oxygens (including phenoxy) is 4. The highest BCUT2D eigenvalue weighted by Crippen LogP contribution is 2.59. The van der Waals surface area contributed by atoms with E-state index in [1.807, 2.05) is 18.2 Å². The molecule has 214 valence electrons. The number of hydrogen-bond donors (Lipinski definition) is 4. The second kappa shape index (κ2) is 9.58. The molecule has 8 rings (SSSR count). The fourth-order valence-electron chi connectivity index (χ4n) is 7.12. The third-order valence-electron chi connectivity index (χ3n) is 9.08. The van der Waals surface area contributed by atoms with E-state index in [4.69, 9.17) is 18.9 Å². The van der Waals surface area contributed by atoms with Crippen molar-refractivity contribution in [2.24, 2.45) is 0 Å². The maximum atomic E-state index is 11.3. The fraction of sp³-hybridized carbons (Fsp3) is 0.294. The molecule has 0 saturated heterocycles. The molecule has 4 N–H and O–H groups in total. The fourth-order valence-corrected chi connectivity index (χ4v) is 7.12. The number of nitrogens with one attached hydrogen (secondary N) is 2. The van der Waals surface area contributed by atoms with Gasteiger partial charge >= 0.3 is 0 Å². The van der Waals surface area contributed by atoms with Crippen LogP contribution in [0.4, 0.5) is 0 Å². The Bertz CT molecular complexity index is 1770. The van der Waals surface area contributed by atoms with Gasteiger partial charge in [0.1, 0.15) is 11.5 Å². The molecule has 0 amide bonds. The number of methoxy groups -OCH3 is 2. The molecule has 8 heteroatoms. The Hall–Kier alpha value is -4.40. The molecule has 4 heterocycles. The van der Waals surface area contributed by atoms with Gasteiger partial charge in [-0.15, -0.1) is 0 Å². The maximum Gasteiger partial charge on any atom is 0.215 e. The molecular weight excluding hydrogens is 532 g/mol. The Labute approximate surface area is 243 Å². The van der Waals surface area contributed by atoms with Gasteiger partial charge in [0.15, 0.2) is 23.0 Å². The van der Waals surface area contributed by atoms with Crippen molar-refractivity contribution in [1.29, 1.82) is 0 Å². The van der Waals surface area contributed by atoms with Crippen molar-refractivity contribution < 1.29 is 29.2 Å². The Kier molecular flexibility index (Phi) is 5.77. The highest BCUT2D eigenvalue weighted by molar-refractivity contribution is 5.77. The topological polar surface area (TPSA) is 101 Å². The highest BCUT2D eigenvalue weighted by Gasteiger charge is 2.37. The van der Waals surface area contributed by atoms with Crippen molar-refractivity contribution in [3.8, 4) is 57.1 Å². The van der Waals surface area contributed by atoms with Crippen LogP contribution in [-0.4, -0.2) is 37.5 Å². The summed E-state index contributed by atoms with van der Waals surface area (Å²) in [5.74, 6) is 3.34. The summed E-state index contributed by atoms with van der Waals surface area (Å²) in [6, 6.07) is 16.0. The van der Waals surface area contributed by atoms with E-state index in [0.717, 1.165) is 64.9 Å². The number of phenolic OH excluding ortho intramolecular Hbond substituents is 2. The zero-order valence-electron chi connectivity index (χ0n) is 23.5. The first-order valence-electron chi connectivity index (χ1n) is 14.5.